The van der Waals surface area contributed by atoms with E-state index in [0.717, 1.165) is 16.0 Å². The summed E-state index contributed by atoms with van der Waals surface area (Å²) in [7, 11) is 0. The fourth-order valence-electron chi connectivity index (χ4n) is 3.34. The molecule has 1 heterocycles. The standard InChI is InChI=1S/C24H19N3O3S/c1-14-7-8-16(13-15(14)2)21(28)26-24(31)25-17-9-11-18(12-10-17)27-22(29)19-5-3-4-6-20(19)23(27)30/h3-13H,1-2H3,(H2,25,26,28,31). The molecule has 0 saturated carbocycles. The Bertz CT molecular complexity index is 1200. The third-order valence-corrected chi connectivity index (χ3v) is 5.38. The maximum absolute atomic E-state index is 12.6. The molecule has 0 bridgehead atoms. The van der Waals surface area contributed by atoms with E-state index in [-0.39, 0.29) is 22.8 Å². The topological polar surface area (TPSA) is 78.5 Å². The fourth-order valence-corrected chi connectivity index (χ4v) is 3.55. The van der Waals surface area contributed by atoms with E-state index in [2.05, 4.69) is 10.6 Å². The molecule has 1 aliphatic heterocycles. The molecule has 3 amide bonds. The fraction of sp³-hybridized carbons (Fsp3) is 0.0833. The summed E-state index contributed by atoms with van der Waals surface area (Å²) in [4.78, 5) is 38.7. The quantitative estimate of drug-likeness (QED) is 0.481. The Balaban J connectivity index is 1.42. The van der Waals surface area contributed by atoms with Crippen molar-refractivity contribution >= 4 is 46.4 Å². The summed E-state index contributed by atoms with van der Waals surface area (Å²) in [6.07, 6.45) is 0. The molecule has 0 aromatic heterocycles. The smallest absolute Gasteiger partial charge is 0.266 e. The van der Waals surface area contributed by atoms with Crippen molar-refractivity contribution in [2.45, 2.75) is 13.8 Å². The number of anilines is 2. The van der Waals surface area contributed by atoms with Crippen molar-refractivity contribution in [1.82, 2.24) is 5.32 Å². The number of nitrogens with zero attached hydrogens (tertiary/aromatic N) is 1. The summed E-state index contributed by atoms with van der Waals surface area (Å²) in [6, 6.07) is 18.9. The lowest BCUT2D eigenvalue weighted by molar-refractivity contribution is 0.0923. The minimum absolute atomic E-state index is 0.150. The summed E-state index contributed by atoms with van der Waals surface area (Å²) < 4.78 is 0. The maximum Gasteiger partial charge on any atom is 0.266 e. The second kappa shape index (κ2) is 8.12. The molecule has 7 heteroatoms. The van der Waals surface area contributed by atoms with Gasteiger partial charge in [0.25, 0.3) is 17.7 Å². The summed E-state index contributed by atoms with van der Waals surface area (Å²) in [5.41, 5.74) is 4.52. The number of imide groups is 1. The third-order valence-electron chi connectivity index (χ3n) is 5.17. The van der Waals surface area contributed by atoms with Gasteiger partial charge in [-0.2, -0.15) is 0 Å². The van der Waals surface area contributed by atoms with Crippen LogP contribution in [0.1, 0.15) is 42.2 Å². The average Bonchev–Trinajstić information content (AvgIpc) is 3.01. The first-order chi connectivity index (χ1) is 14.8. The Labute approximate surface area is 184 Å². The summed E-state index contributed by atoms with van der Waals surface area (Å²) >= 11 is 5.23. The van der Waals surface area contributed by atoms with Gasteiger partial charge in [-0.05, 0) is 85.7 Å². The molecule has 3 aromatic carbocycles. The molecule has 3 aromatic rings. The van der Waals surface area contributed by atoms with Gasteiger partial charge in [-0.1, -0.05) is 18.2 Å². The number of nitrogens with one attached hydrogen (secondary N) is 2. The van der Waals surface area contributed by atoms with Crippen molar-refractivity contribution in [2.75, 3.05) is 10.2 Å². The van der Waals surface area contributed by atoms with E-state index in [4.69, 9.17) is 12.2 Å². The van der Waals surface area contributed by atoms with Crippen LogP contribution >= 0.6 is 12.2 Å². The Morgan fingerprint density at radius 1 is 0.839 bits per heavy atom. The van der Waals surface area contributed by atoms with Gasteiger partial charge in [0.15, 0.2) is 5.11 Å². The van der Waals surface area contributed by atoms with Crippen molar-refractivity contribution in [3.63, 3.8) is 0 Å². The molecule has 0 atom stereocenters. The highest BCUT2D eigenvalue weighted by molar-refractivity contribution is 7.80. The van der Waals surface area contributed by atoms with Crippen LogP contribution in [0.25, 0.3) is 0 Å². The van der Waals surface area contributed by atoms with Crippen molar-refractivity contribution in [1.29, 1.82) is 0 Å². The van der Waals surface area contributed by atoms with Crippen LogP contribution in [-0.4, -0.2) is 22.8 Å². The van der Waals surface area contributed by atoms with Crippen LogP contribution in [0.3, 0.4) is 0 Å². The first-order valence-corrected chi connectivity index (χ1v) is 10.0. The predicted molar refractivity (Wildman–Crippen MR) is 124 cm³/mol. The minimum atomic E-state index is -0.350. The molecule has 1 aliphatic rings. The van der Waals surface area contributed by atoms with E-state index < -0.39 is 0 Å². The highest BCUT2D eigenvalue weighted by Gasteiger charge is 2.36. The van der Waals surface area contributed by atoms with E-state index in [1.54, 1.807) is 54.6 Å². The lowest BCUT2D eigenvalue weighted by atomic mass is 10.1. The molecule has 0 saturated heterocycles. The van der Waals surface area contributed by atoms with Gasteiger partial charge in [0.2, 0.25) is 0 Å². The van der Waals surface area contributed by atoms with Crippen molar-refractivity contribution in [3.05, 3.63) is 94.5 Å². The van der Waals surface area contributed by atoms with Crippen molar-refractivity contribution in [2.24, 2.45) is 0 Å². The molecule has 6 nitrogen and oxygen atoms in total. The van der Waals surface area contributed by atoms with E-state index in [0.29, 0.717) is 28.1 Å². The summed E-state index contributed by atoms with van der Waals surface area (Å²) in [5, 5.41) is 5.74. The Morgan fingerprint density at radius 2 is 1.45 bits per heavy atom. The SMILES string of the molecule is Cc1ccc(C(=O)NC(=S)Nc2ccc(N3C(=O)c4ccccc4C3=O)cc2)cc1C. The zero-order chi connectivity index (χ0) is 22.1. The van der Waals surface area contributed by atoms with Crippen LogP contribution in [-0.2, 0) is 0 Å². The number of rotatable bonds is 3. The number of amides is 3. The third kappa shape index (κ3) is 3.95. The second-order valence-electron chi connectivity index (χ2n) is 7.25. The molecule has 0 spiro atoms. The predicted octanol–water partition coefficient (Wildman–Crippen LogP) is 4.23. The number of benzene rings is 3. The molecule has 31 heavy (non-hydrogen) atoms. The Kier molecular flexibility index (Phi) is 5.35. The van der Waals surface area contributed by atoms with Crippen LogP contribution in [0.4, 0.5) is 11.4 Å². The van der Waals surface area contributed by atoms with Gasteiger partial charge in [-0.3, -0.25) is 19.7 Å². The molecule has 2 N–H and O–H groups in total. The van der Waals surface area contributed by atoms with E-state index in [1.807, 2.05) is 26.0 Å². The number of hydrogen-bond donors (Lipinski definition) is 2. The van der Waals surface area contributed by atoms with Crippen molar-refractivity contribution < 1.29 is 14.4 Å². The normalized spacial score (nSPS) is 12.5. The zero-order valence-corrected chi connectivity index (χ0v) is 17.7. The molecular weight excluding hydrogens is 410 g/mol. The summed E-state index contributed by atoms with van der Waals surface area (Å²) in [5.74, 6) is -1.00. The number of hydrogen-bond acceptors (Lipinski definition) is 4. The molecule has 154 valence electrons. The highest BCUT2D eigenvalue weighted by Crippen LogP contribution is 2.29. The van der Waals surface area contributed by atoms with E-state index >= 15 is 0 Å². The monoisotopic (exact) mass is 429 g/mol. The zero-order valence-electron chi connectivity index (χ0n) is 16.9. The Hall–Kier alpha value is -3.84. The molecule has 0 radical (unpaired) electrons. The second-order valence-corrected chi connectivity index (χ2v) is 7.65. The van der Waals surface area contributed by atoms with Gasteiger partial charge in [0.05, 0.1) is 16.8 Å². The molecule has 4 rings (SSSR count). The van der Waals surface area contributed by atoms with Gasteiger partial charge in [-0.15, -0.1) is 0 Å². The highest BCUT2D eigenvalue weighted by atomic mass is 32.1. The largest absolute Gasteiger partial charge is 0.332 e. The number of thiocarbonyl (C=S) groups is 1. The van der Waals surface area contributed by atoms with Gasteiger partial charge in [0, 0.05) is 11.3 Å². The number of fused-ring (bicyclic) bond motifs is 1. The molecule has 0 aliphatic carbocycles. The first kappa shape index (κ1) is 20.4. The van der Waals surface area contributed by atoms with Crippen LogP contribution in [0, 0.1) is 13.8 Å². The Morgan fingerprint density at radius 3 is 2.03 bits per heavy atom. The summed E-state index contributed by atoms with van der Waals surface area (Å²) in [6.45, 7) is 3.92. The average molecular weight is 430 g/mol. The van der Waals surface area contributed by atoms with E-state index in [9.17, 15) is 14.4 Å². The molecular formula is C24H19N3O3S. The number of carbonyl (C=O) groups is 3. The van der Waals surface area contributed by atoms with Gasteiger partial charge < -0.3 is 5.32 Å². The number of carbonyl (C=O) groups excluding carboxylic acids is 3. The van der Waals surface area contributed by atoms with Crippen LogP contribution in [0.2, 0.25) is 0 Å². The van der Waals surface area contributed by atoms with Crippen LogP contribution in [0.15, 0.2) is 66.7 Å². The van der Waals surface area contributed by atoms with Crippen LogP contribution < -0.4 is 15.5 Å². The van der Waals surface area contributed by atoms with Crippen molar-refractivity contribution in [3.8, 4) is 0 Å². The number of aryl methyl sites for hydroxylation is 2. The van der Waals surface area contributed by atoms with Crippen LogP contribution in [0.5, 0.6) is 0 Å². The minimum Gasteiger partial charge on any atom is -0.332 e. The maximum atomic E-state index is 12.6. The van der Waals surface area contributed by atoms with E-state index in [1.165, 1.54) is 0 Å². The first-order valence-electron chi connectivity index (χ1n) is 9.62. The molecule has 0 fully saturated rings. The van der Waals surface area contributed by atoms with Gasteiger partial charge in [0.1, 0.15) is 0 Å². The lowest BCUT2D eigenvalue weighted by Crippen LogP contribution is -2.34. The van der Waals surface area contributed by atoms with Gasteiger partial charge in [-0.25, -0.2) is 4.90 Å². The van der Waals surface area contributed by atoms with Gasteiger partial charge >= 0.3 is 0 Å². The molecule has 0 unspecified atom stereocenters. The lowest BCUT2D eigenvalue weighted by Gasteiger charge is -2.15.